The van der Waals surface area contributed by atoms with Gasteiger partial charge in [-0.05, 0) is 52.8 Å². The third-order valence-electron chi connectivity index (χ3n) is 4.51. The van der Waals surface area contributed by atoms with Crippen LogP contribution in [0.15, 0.2) is 69.8 Å². The second kappa shape index (κ2) is 9.40. The highest BCUT2D eigenvalue weighted by molar-refractivity contribution is 7.89. The molecule has 3 aromatic rings. The Labute approximate surface area is 192 Å². The van der Waals surface area contributed by atoms with Crippen LogP contribution in [0, 0.1) is 5.92 Å². The first-order valence-corrected chi connectivity index (χ1v) is 13.7. The van der Waals surface area contributed by atoms with Gasteiger partial charge in [0.1, 0.15) is 4.90 Å². The number of nitrogens with zero attached hydrogens (tertiary/aromatic N) is 1. The van der Waals surface area contributed by atoms with Gasteiger partial charge in [0.15, 0.2) is 0 Å². The van der Waals surface area contributed by atoms with Gasteiger partial charge in [-0.2, -0.15) is 4.31 Å². The van der Waals surface area contributed by atoms with E-state index in [-0.39, 0.29) is 27.3 Å². The van der Waals surface area contributed by atoms with E-state index in [2.05, 4.69) is 0 Å². The van der Waals surface area contributed by atoms with Gasteiger partial charge in [0.2, 0.25) is 20.0 Å². The van der Waals surface area contributed by atoms with Gasteiger partial charge in [0.25, 0.3) is 0 Å². The number of sulfonamides is 2. The van der Waals surface area contributed by atoms with E-state index in [9.17, 15) is 16.8 Å². The molecule has 3 rings (SSSR count). The van der Waals surface area contributed by atoms with Crippen molar-refractivity contribution in [2.24, 2.45) is 11.1 Å². The van der Waals surface area contributed by atoms with Gasteiger partial charge in [0, 0.05) is 18.0 Å². The number of primary sulfonamides is 1. The van der Waals surface area contributed by atoms with Crippen LogP contribution < -0.4 is 5.14 Å². The van der Waals surface area contributed by atoms with Crippen molar-refractivity contribution in [1.82, 2.24) is 4.31 Å². The molecule has 10 heteroatoms. The molecule has 0 aliphatic heterocycles. The van der Waals surface area contributed by atoms with Crippen LogP contribution in [-0.4, -0.2) is 27.7 Å². The Kier molecular flexibility index (Phi) is 7.25. The van der Waals surface area contributed by atoms with E-state index in [1.807, 2.05) is 25.3 Å². The number of nitrogens with two attached hydrogens (primary N) is 1. The van der Waals surface area contributed by atoms with Crippen molar-refractivity contribution in [1.29, 1.82) is 0 Å². The summed E-state index contributed by atoms with van der Waals surface area (Å²) in [6.45, 7) is 4.43. The predicted octanol–water partition coefficient (Wildman–Crippen LogP) is 4.56. The van der Waals surface area contributed by atoms with Crippen molar-refractivity contribution in [3.05, 3.63) is 69.9 Å². The largest absolute Gasteiger partial charge is 0.244 e. The van der Waals surface area contributed by atoms with E-state index >= 15 is 0 Å². The second-order valence-corrected chi connectivity index (χ2v) is 12.4. The lowest BCUT2D eigenvalue weighted by atomic mass is 10.1. The van der Waals surface area contributed by atoms with Gasteiger partial charge in [-0.25, -0.2) is 22.0 Å². The smallest absolute Gasteiger partial charge is 0.225 e. The number of hydrogen-bond acceptors (Lipinski definition) is 5. The van der Waals surface area contributed by atoms with Crippen molar-refractivity contribution in [3.63, 3.8) is 0 Å². The maximum Gasteiger partial charge on any atom is 0.244 e. The lowest BCUT2D eigenvalue weighted by Gasteiger charge is -2.24. The third kappa shape index (κ3) is 5.74. The first-order chi connectivity index (χ1) is 14.5. The van der Waals surface area contributed by atoms with Gasteiger partial charge < -0.3 is 0 Å². The topological polar surface area (TPSA) is 97.5 Å². The van der Waals surface area contributed by atoms with E-state index < -0.39 is 20.0 Å². The molecule has 0 saturated heterocycles. The molecule has 2 N–H and O–H groups in total. The zero-order chi connectivity index (χ0) is 22.8. The van der Waals surface area contributed by atoms with Gasteiger partial charge in [-0.15, -0.1) is 11.3 Å². The monoisotopic (exact) mass is 498 g/mol. The predicted molar refractivity (Wildman–Crippen MR) is 125 cm³/mol. The van der Waals surface area contributed by atoms with Crippen molar-refractivity contribution in [2.75, 3.05) is 6.54 Å². The van der Waals surface area contributed by atoms with E-state index in [4.69, 9.17) is 16.7 Å². The minimum atomic E-state index is -3.81. The van der Waals surface area contributed by atoms with Crippen LogP contribution in [0.5, 0.6) is 0 Å². The summed E-state index contributed by atoms with van der Waals surface area (Å²) in [6.07, 6.45) is 0. The number of hydrogen-bond donors (Lipinski definition) is 1. The lowest BCUT2D eigenvalue weighted by Crippen LogP contribution is -2.33. The van der Waals surface area contributed by atoms with Crippen LogP contribution in [-0.2, 0) is 26.6 Å². The molecule has 0 atom stereocenters. The fraction of sp³-hybridized carbons (Fsp3) is 0.238. The van der Waals surface area contributed by atoms with Crippen LogP contribution in [0.25, 0.3) is 11.1 Å². The highest BCUT2D eigenvalue weighted by Crippen LogP contribution is 2.31. The molecule has 6 nitrogen and oxygen atoms in total. The SMILES string of the molecule is CC(C)CN(Cc1cc(-c2cccc(S(N)(=O)=O)c2)cs1)S(=O)(=O)c1ccccc1Cl. The number of halogens is 1. The molecular weight excluding hydrogens is 476 g/mol. The Bertz CT molecular complexity index is 1290. The molecule has 2 aromatic carbocycles. The molecule has 31 heavy (non-hydrogen) atoms. The maximum absolute atomic E-state index is 13.3. The van der Waals surface area contributed by atoms with Crippen LogP contribution in [0.4, 0.5) is 0 Å². The van der Waals surface area contributed by atoms with E-state index in [0.717, 1.165) is 10.4 Å². The van der Waals surface area contributed by atoms with Crippen LogP contribution in [0.3, 0.4) is 0 Å². The molecule has 0 fully saturated rings. The summed E-state index contributed by atoms with van der Waals surface area (Å²) < 4.78 is 51.3. The normalized spacial score (nSPS) is 12.6. The van der Waals surface area contributed by atoms with Crippen molar-refractivity contribution >= 4 is 43.0 Å². The molecule has 0 spiro atoms. The van der Waals surface area contributed by atoms with Crippen LogP contribution in [0.1, 0.15) is 18.7 Å². The Morgan fingerprint density at radius 1 is 1.00 bits per heavy atom. The quantitative estimate of drug-likeness (QED) is 0.492. The molecule has 0 amide bonds. The van der Waals surface area contributed by atoms with Crippen LogP contribution >= 0.6 is 22.9 Å². The summed E-state index contributed by atoms with van der Waals surface area (Å²) in [4.78, 5) is 0.933. The molecular formula is C21H23ClN2O4S3. The average molecular weight is 499 g/mol. The van der Waals surface area contributed by atoms with Gasteiger partial charge in [0.05, 0.1) is 9.92 Å². The van der Waals surface area contributed by atoms with E-state index in [0.29, 0.717) is 12.1 Å². The fourth-order valence-corrected chi connectivity index (χ4v) is 6.71. The first-order valence-electron chi connectivity index (χ1n) is 9.44. The standard InChI is InChI=1S/C21H23ClN2O4S3/c1-15(2)12-24(31(27,28)21-9-4-3-8-20(21)22)13-18-10-17(14-29-18)16-6-5-7-19(11-16)30(23,25)26/h3-11,14-15H,12-13H2,1-2H3,(H2,23,25,26). The summed E-state index contributed by atoms with van der Waals surface area (Å²) in [5.41, 5.74) is 1.49. The summed E-state index contributed by atoms with van der Waals surface area (Å²) in [7, 11) is -7.60. The highest BCUT2D eigenvalue weighted by Gasteiger charge is 2.28. The van der Waals surface area contributed by atoms with Crippen molar-refractivity contribution in [3.8, 4) is 11.1 Å². The van der Waals surface area contributed by atoms with Gasteiger partial charge in [-0.1, -0.05) is 49.7 Å². The lowest BCUT2D eigenvalue weighted by molar-refractivity contribution is 0.364. The van der Waals surface area contributed by atoms with Crippen LogP contribution in [0.2, 0.25) is 5.02 Å². The molecule has 1 heterocycles. The zero-order valence-electron chi connectivity index (χ0n) is 17.0. The minimum absolute atomic E-state index is 0.0282. The van der Waals surface area contributed by atoms with Gasteiger partial charge in [-0.3, -0.25) is 0 Å². The number of benzene rings is 2. The highest BCUT2D eigenvalue weighted by atomic mass is 35.5. The summed E-state index contributed by atoms with van der Waals surface area (Å²) in [6, 6.07) is 14.6. The summed E-state index contributed by atoms with van der Waals surface area (Å²) >= 11 is 7.57. The molecule has 0 bridgehead atoms. The maximum atomic E-state index is 13.3. The van der Waals surface area contributed by atoms with E-state index in [1.54, 1.807) is 30.3 Å². The molecule has 1 aromatic heterocycles. The number of rotatable bonds is 8. The Morgan fingerprint density at radius 3 is 2.35 bits per heavy atom. The second-order valence-electron chi connectivity index (χ2n) is 7.50. The average Bonchev–Trinajstić information content (AvgIpc) is 3.15. The van der Waals surface area contributed by atoms with Crippen molar-refractivity contribution < 1.29 is 16.8 Å². The molecule has 166 valence electrons. The minimum Gasteiger partial charge on any atom is -0.225 e. The Morgan fingerprint density at radius 2 is 1.71 bits per heavy atom. The molecule has 0 aliphatic rings. The first kappa shape index (κ1) is 23.9. The summed E-state index contributed by atoms with van der Waals surface area (Å²) in [5.74, 6) is 0.114. The van der Waals surface area contributed by atoms with Gasteiger partial charge >= 0.3 is 0 Å². The molecule has 0 unspecified atom stereocenters. The number of thiophene rings is 1. The summed E-state index contributed by atoms with van der Waals surface area (Å²) in [5, 5.41) is 7.28. The third-order valence-corrected chi connectivity index (χ3v) is 8.65. The fourth-order valence-electron chi connectivity index (χ4n) is 3.09. The molecule has 0 saturated carbocycles. The Hall–Kier alpha value is -1.75. The van der Waals surface area contributed by atoms with Crippen molar-refractivity contribution in [2.45, 2.75) is 30.2 Å². The van der Waals surface area contributed by atoms with E-state index in [1.165, 1.54) is 33.8 Å². The molecule has 0 radical (unpaired) electrons. The molecule has 0 aliphatic carbocycles. The zero-order valence-corrected chi connectivity index (χ0v) is 20.2. The Balaban J connectivity index is 1.93.